The number of amides is 1. The zero-order valence-electron chi connectivity index (χ0n) is 10.4. The van der Waals surface area contributed by atoms with Crippen LogP contribution in [0.3, 0.4) is 0 Å². The van der Waals surface area contributed by atoms with Crippen LogP contribution in [0.4, 0.5) is 5.82 Å². The molecule has 0 saturated carbocycles. The van der Waals surface area contributed by atoms with Crippen molar-refractivity contribution >= 4 is 17.7 Å². The molecule has 4 N–H and O–H groups in total. The van der Waals surface area contributed by atoms with E-state index in [1.54, 1.807) is 12.1 Å². The molecule has 1 atom stereocenters. The predicted octanol–water partition coefficient (Wildman–Crippen LogP) is 0.949. The lowest BCUT2D eigenvalue weighted by atomic mass is 9.96. The zero-order valence-corrected chi connectivity index (χ0v) is 10.4. The van der Waals surface area contributed by atoms with Crippen molar-refractivity contribution in [3.8, 4) is 0 Å². The van der Waals surface area contributed by atoms with Gasteiger partial charge >= 0.3 is 5.97 Å². The molecule has 0 radical (unpaired) electrons. The standard InChI is InChI=1S/C12H17N3O3/c1-7(2)9(12(17)18)6-15-10-4-3-8(5-14-10)11(13)16/h3-5,7,9H,6H2,1-2H3,(H2,13,16)(H,14,15)(H,17,18). The van der Waals surface area contributed by atoms with Gasteiger partial charge in [0, 0.05) is 12.7 Å². The molecule has 6 heteroatoms. The van der Waals surface area contributed by atoms with Crippen LogP contribution in [0.25, 0.3) is 0 Å². The molecule has 1 amide bonds. The number of aliphatic carboxylic acids is 1. The first-order valence-electron chi connectivity index (χ1n) is 5.64. The molecule has 1 rings (SSSR count). The number of rotatable bonds is 6. The highest BCUT2D eigenvalue weighted by Crippen LogP contribution is 2.12. The first kappa shape index (κ1) is 14.0. The number of aromatic nitrogens is 1. The highest BCUT2D eigenvalue weighted by Gasteiger charge is 2.21. The van der Waals surface area contributed by atoms with Crippen LogP contribution >= 0.6 is 0 Å². The topological polar surface area (TPSA) is 105 Å². The van der Waals surface area contributed by atoms with E-state index in [1.807, 2.05) is 13.8 Å². The molecule has 1 unspecified atom stereocenters. The number of carboxylic acids is 1. The minimum Gasteiger partial charge on any atom is -0.481 e. The molecule has 0 aromatic carbocycles. The third-order valence-electron chi connectivity index (χ3n) is 2.67. The van der Waals surface area contributed by atoms with E-state index in [0.29, 0.717) is 11.4 Å². The van der Waals surface area contributed by atoms with Gasteiger partial charge in [-0.15, -0.1) is 0 Å². The number of primary amides is 1. The molecule has 0 spiro atoms. The van der Waals surface area contributed by atoms with Gasteiger partial charge in [-0.05, 0) is 18.1 Å². The summed E-state index contributed by atoms with van der Waals surface area (Å²) in [5, 5.41) is 11.9. The van der Waals surface area contributed by atoms with Crippen molar-refractivity contribution in [3.63, 3.8) is 0 Å². The second-order valence-corrected chi connectivity index (χ2v) is 4.37. The summed E-state index contributed by atoms with van der Waals surface area (Å²) in [6.07, 6.45) is 1.36. The van der Waals surface area contributed by atoms with Crippen molar-refractivity contribution in [1.29, 1.82) is 0 Å². The maximum Gasteiger partial charge on any atom is 0.308 e. The number of nitrogens with one attached hydrogen (secondary N) is 1. The minimum atomic E-state index is -0.841. The minimum absolute atomic E-state index is 0.0277. The van der Waals surface area contributed by atoms with Gasteiger partial charge in [0.25, 0.3) is 0 Å². The Morgan fingerprint density at radius 1 is 1.44 bits per heavy atom. The van der Waals surface area contributed by atoms with E-state index in [0.717, 1.165) is 0 Å². The largest absolute Gasteiger partial charge is 0.481 e. The van der Waals surface area contributed by atoms with Crippen LogP contribution in [0.1, 0.15) is 24.2 Å². The predicted molar refractivity (Wildman–Crippen MR) is 67.2 cm³/mol. The third kappa shape index (κ3) is 3.73. The maximum atomic E-state index is 11.0. The SMILES string of the molecule is CC(C)C(CNc1ccc(C(N)=O)cn1)C(=O)O. The van der Waals surface area contributed by atoms with Crippen LogP contribution in [0.2, 0.25) is 0 Å². The summed E-state index contributed by atoms with van der Waals surface area (Å²) < 4.78 is 0. The van der Waals surface area contributed by atoms with Gasteiger partial charge < -0.3 is 16.2 Å². The highest BCUT2D eigenvalue weighted by atomic mass is 16.4. The van der Waals surface area contributed by atoms with E-state index in [9.17, 15) is 9.59 Å². The lowest BCUT2D eigenvalue weighted by molar-refractivity contribution is -0.142. The average molecular weight is 251 g/mol. The number of pyridine rings is 1. The Hall–Kier alpha value is -2.11. The monoisotopic (exact) mass is 251 g/mol. The van der Waals surface area contributed by atoms with E-state index in [1.165, 1.54) is 6.20 Å². The van der Waals surface area contributed by atoms with Gasteiger partial charge in [0.1, 0.15) is 5.82 Å². The first-order chi connectivity index (χ1) is 8.41. The van der Waals surface area contributed by atoms with Crippen molar-refractivity contribution in [2.45, 2.75) is 13.8 Å². The van der Waals surface area contributed by atoms with Crippen LogP contribution in [-0.4, -0.2) is 28.5 Å². The average Bonchev–Trinajstić information content (AvgIpc) is 2.28. The lowest BCUT2D eigenvalue weighted by Gasteiger charge is -2.16. The summed E-state index contributed by atoms with van der Waals surface area (Å²) in [7, 11) is 0. The zero-order chi connectivity index (χ0) is 13.7. The Morgan fingerprint density at radius 2 is 2.11 bits per heavy atom. The number of nitrogens with two attached hydrogens (primary N) is 1. The summed E-state index contributed by atoms with van der Waals surface area (Å²) in [6.45, 7) is 3.99. The molecule has 18 heavy (non-hydrogen) atoms. The van der Waals surface area contributed by atoms with E-state index in [-0.39, 0.29) is 12.5 Å². The Kier molecular flexibility index (Phi) is 4.65. The molecule has 1 aromatic rings. The number of anilines is 1. The van der Waals surface area contributed by atoms with Gasteiger partial charge in [-0.2, -0.15) is 0 Å². The van der Waals surface area contributed by atoms with Crippen LogP contribution < -0.4 is 11.1 Å². The van der Waals surface area contributed by atoms with Crippen molar-refractivity contribution in [3.05, 3.63) is 23.9 Å². The molecule has 1 heterocycles. The molecular formula is C12H17N3O3. The summed E-state index contributed by atoms with van der Waals surface area (Å²) in [6, 6.07) is 3.14. The normalized spacial score (nSPS) is 12.2. The molecule has 0 aliphatic carbocycles. The van der Waals surface area contributed by atoms with Gasteiger partial charge in [-0.1, -0.05) is 13.8 Å². The fourth-order valence-electron chi connectivity index (χ4n) is 1.47. The maximum absolute atomic E-state index is 11.0. The Labute approximate surface area is 105 Å². The van der Waals surface area contributed by atoms with Crippen molar-refractivity contribution in [1.82, 2.24) is 4.98 Å². The van der Waals surface area contributed by atoms with Gasteiger partial charge in [-0.25, -0.2) is 4.98 Å². The molecule has 98 valence electrons. The molecule has 1 aromatic heterocycles. The van der Waals surface area contributed by atoms with Crippen molar-refractivity contribution in [2.24, 2.45) is 17.6 Å². The molecule has 0 aliphatic heterocycles. The number of nitrogens with zero attached hydrogens (tertiary/aromatic N) is 1. The lowest BCUT2D eigenvalue weighted by Crippen LogP contribution is -2.27. The van der Waals surface area contributed by atoms with E-state index >= 15 is 0 Å². The Morgan fingerprint density at radius 3 is 2.50 bits per heavy atom. The Balaban J connectivity index is 2.62. The summed E-state index contributed by atoms with van der Waals surface area (Å²) in [5.74, 6) is -1.32. The van der Waals surface area contributed by atoms with E-state index in [4.69, 9.17) is 10.8 Å². The Bertz CT molecular complexity index is 429. The molecule has 0 saturated heterocycles. The van der Waals surface area contributed by atoms with Gasteiger partial charge in [0.15, 0.2) is 0 Å². The fourth-order valence-corrected chi connectivity index (χ4v) is 1.47. The van der Waals surface area contributed by atoms with Crippen molar-refractivity contribution < 1.29 is 14.7 Å². The number of carboxylic acid groups (broad SMARTS) is 1. The molecular weight excluding hydrogens is 234 g/mol. The van der Waals surface area contributed by atoms with Crippen LogP contribution in [0.15, 0.2) is 18.3 Å². The van der Waals surface area contributed by atoms with E-state index in [2.05, 4.69) is 10.3 Å². The number of carbonyl (C=O) groups excluding carboxylic acids is 1. The number of hydrogen-bond acceptors (Lipinski definition) is 4. The van der Waals surface area contributed by atoms with Gasteiger partial charge in [0.05, 0.1) is 11.5 Å². The summed E-state index contributed by atoms with van der Waals surface area (Å²) >= 11 is 0. The molecule has 0 fully saturated rings. The number of carbonyl (C=O) groups is 2. The third-order valence-corrected chi connectivity index (χ3v) is 2.67. The van der Waals surface area contributed by atoms with E-state index < -0.39 is 17.8 Å². The smallest absolute Gasteiger partial charge is 0.308 e. The van der Waals surface area contributed by atoms with Gasteiger partial charge in [-0.3, -0.25) is 9.59 Å². The summed E-state index contributed by atoms with van der Waals surface area (Å²) in [5.41, 5.74) is 5.41. The van der Waals surface area contributed by atoms with Crippen LogP contribution in [0, 0.1) is 11.8 Å². The second-order valence-electron chi connectivity index (χ2n) is 4.37. The molecule has 6 nitrogen and oxygen atoms in total. The number of hydrogen-bond donors (Lipinski definition) is 3. The van der Waals surface area contributed by atoms with Crippen LogP contribution in [-0.2, 0) is 4.79 Å². The summed E-state index contributed by atoms with van der Waals surface area (Å²) in [4.78, 5) is 25.8. The highest BCUT2D eigenvalue weighted by molar-refractivity contribution is 5.92. The second kappa shape index (κ2) is 6.00. The quantitative estimate of drug-likeness (QED) is 0.698. The van der Waals surface area contributed by atoms with Crippen molar-refractivity contribution in [2.75, 3.05) is 11.9 Å². The first-order valence-corrected chi connectivity index (χ1v) is 5.64. The van der Waals surface area contributed by atoms with Crippen LogP contribution in [0.5, 0.6) is 0 Å². The molecule has 0 bridgehead atoms. The fraction of sp³-hybridized carbons (Fsp3) is 0.417. The van der Waals surface area contributed by atoms with Gasteiger partial charge in [0.2, 0.25) is 5.91 Å². The molecule has 0 aliphatic rings.